The van der Waals surface area contributed by atoms with E-state index in [1.165, 1.54) is 18.3 Å². The largest absolute Gasteiger partial charge is 0.481 e. The molecule has 0 fully saturated rings. The van der Waals surface area contributed by atoms with Gasteiger partial charge in [-0.15, -0.1) is 0 Å². The zero-order valence-corrected chi connectivity index (χ0v) is 18.1. The van der Waals surface area contributed by atoms with E-state index in [1.54, 1.807) is 48.5 Å². The zero-order valence-electron chi connectivity index (χ0n) is 17.3. The standard InChI is InChI=1S/C20H28ClNO6/c1-8-20(17(25)26,13-10-9-12(21)11-22-13)14(15(23)27-18(2,3)4)16(24)28-19(5,6)7/h9-11,14H,8H2,1-7H3,(H,25,26). The van der Waals surface area contributed by atoms with Crippen LogP contribution in [0.2, 0.25) is 5.02 Å². The number of aromatic nitrogens is 1. The number of carboxylic acid groups (broad SMARTS) is 1. The molecule has 0 spiro atoms. The number of halogens is 1. The number of ether oxygens (including phenoxy) is 2. The molecule has 1 rings (SSSR count). The Morgan fingerprint density at radius 3 is 1.79 bits per heavy atom. The molecule has 28 heavy (non-hydrogen) atoms. The normalized spacial score (nSPS) is 14.3. The number of carboxylic acids is 1. The van der Waals surface area contributed by atoms with E-state index in [2.05, 4.69) is 4.98 Å². The number of carbonyl (C=O) groups is 3. The third kappa shape index (κ3) is 5.67. The number of pyridine rings is 1. The Bertz CT molecular complexity index is 705. The van der Waals surface area contributed by atoms with E-state index >= 15 is 0 Å². The minimum absolute atomic E-state index is 0.0219. The van der Waals surface area contributed by atoms with Gasteiger partial charge in [-0.2, -0.15) is 0 Å². The van der Waals surface area contributed by atoms with Crippen LogP contribution in [0.5, 0.6) is 0 Å². The first-order chi connectivity index (χ1) is 12.6. The molecule has 1 N–H and O–H groups in total. The first kappa shape index (κ1) is 23.9. The van der Waals surface area contributed by atoms with E-state index < -0.39 is 40.4 Å². The summed E-state index contributed by atoms with van der Waals surface area (Å²) in [5.74, 6) is -5.10. The van der Waals surface area contributed by atoms with Crippen molar-refractivity contribution in [3.63, 3.8) is 0 Å². The Labute approximate surface area is 170 Å². The van der Waals surface area contributed by atoms with Crippen molar-refractivity contribution in [3.8, 4) is 0 Å². The zero-order chi connectivity index (χ0) is 21.9. The van der Waals surface area contributed by atoms with Crippen LogP contribution in [0.15, 0.2) is 18.3 Å². The molecule has 0 aromatic carbocycles. The van der Waals surface area contributed by atoms with Gasteiger partial charge in [-0.25, -0.2) is 0 Å². The summed E-state index contributed by atoms with van der Waals surface area (Å²) in [5.41, 5.74) is -3.81. The molecule has 1 atom stereocenters. The van der Waals surface area contributed by atoms with Gasteiger partial charge in [-0.05, 0) is 60.1 Å². The Kier molecular flexibility index (Phi) is 7.23. The maximum Gasteiger partial charge on any atom is 0.322 e. The SMILES string of the molecule is CCC(C(=O)O)(c1ccc(Cl)cn1)C(C(=O)OC(C)(C)C)C(=O)OC(C)(C)C. The van der Waals surface area contributed by atoms with Gasteiger partial charge in [0.1, 0.15) is 16.6 Å². The molecule has 0 radical (unpaired) electrons. The summed E-state index contributed by atoms with van der Waals surface area (Å²) in [5, 5.41) is 10.4. The van der Waals surface area contributed by atoms with Crippen molar-refractivity contribution < 1.29 is 29.0 Å². The summed E-state index contributed by atoms with van der Waals surface area (Å²) < 4.78 is 10.8. The first-order valence-corrected chi connectivity index (χ1v) is 9.33. The van der Waals surface area contributed by atoms with Crippen LogP contribution in [0.4, 0.5) is 0 Å². The predicted octanol–water partition coefficient (Wildman–Crippen LogP) is 3.77. The van der Waals surface area contributed by atoms with Gasteiger partial charge in [0.25, 0.3) is 0 Å². The third-order valence-corrected chi connectivity index (χ3v) is 4.13. The van der Waals surface area contributed by atoms with Crippen molar-refractivity contribution in [2.45, 2.75) is 71.5 Å². The van der Waals surface area contributed by atoms with Crippen molar-refractivity contribution >= 4 is 29.5 Å². The fourth-order valence-corrected chi connectivity index (χ4v) is 2.89. The fraction of sp³-hybridized carbons (Fsp3) is 0.600. The predicted molar refractivity (Wildman–Crippen MR) is 104 cm³/mol. The molecule has 0 amide bonds. The highest BCUT2D eigenvalue weighted by Crippen LogP contribution is 2.39. The summed E-state index contributed by atoms with van der Waals surface area (Å²) in [4.78, 5) is 42.5. The van der Waals surface area contributed by atoms with Crippen molar-refractivity contribution in [2.75, 3.05) is 0 Å². The Balaban J connectivity index is 3.66. The van der Waals surface area contributed by atoms with Gasteiger partial charge in [0.05, 0.1) is 10.7 Å². The van der Waals surface area contributed by atoms with E-state index in [1.807, 2.05) is 0 Å². The highest BCUT2D eigenvalue weighted by Gasteiger charge is 2.57. The number of esters is 2. The molecular weight excluding hydrogens is 386 g/mol. The van der Waals surface area contributed by atoms with Gasteiger partial charge in [0.2, 0.25) is 0 Å². The summed E-state index contributed by atoms with van der Waals surface area (Å²) in [6.07, 6.45) is 1.17. The van der Waals surface area contributed by atoms with Crippen LogP contribution in [0, 0.1) is 5.92 Å². The van der Waals surface area contributed by atoms with Crippen LogP contribution in [-0.2, 0) is 29.3 Å². The van der Waals surface area contributed by atoms with E-state index in [0.29, 0.717) is 5.02 Å². The summed E-state index contributed by atoms with van der Waals surface area (Å²) in [7, 11) is 0. The molecule has 0 aliphatic heterocycles. The van der Waals surface area contributed by atoms with E-state index in [0.717, 1.165) is 0 Å². The number of hydrogen-bond acceptors (Lipinski definition) is 6. The molecule has 0 aliphatic carbocycles. The van der Waals surface area contributed by atoms with Crippen LogP contribution in [0.1, 0.15) is 60.6 Å². The van der Waals surface area contributed by atoms with Crippen molar-refractivity contribution in [1.29, 1.82) is 0 Å². The van der Waals surface area contributed by atoms with Gasteiger partial charge < -0.3 is 14.6 Å². The Morgan fingerprint density at radius 1 is 1.04 bits per heavy atom. The van der Waals surface area contributed by atoms with E-state index in [4.69, 9.17) is 21.1 Å². The van der Waals surface area contributed by atoms with Gasteiger partial charge in [0, 0.05) is 6.20 Å². The van der Waals surface area contributed by atoms with Gasteiger partial charge >= 0.3 is 17.9 Å². The molecular formula is C20H28ClNO6. The highest BCUT2D eigenvalue weighted by atomic mass is 35.5. The minimum Gasteiger partial charge on any atom is -0.481 e. The van der Waals surface area contributed by atoms with Crippen molar-refractivity contribution in [3.05, 3.63) is 29.0 Å². The lowest BCUT2D eigenvalue weighted by molar-refractivity contribution is -0.183. The fourth-order valence-electron chi connectivity index (χ4n) is 2.78. The van der Waals surface area contributed by atoms with Crippen molar-refractivity contribution in [2.24, 2.45) is 5.92 Å². The monoisotopic (exact) mass is 413 g/mol. The molecule has 1 heterocycles. The quantitative estimate of drug-likeness (QED) is 0.559. The van der Waals surface area contributed by atoms with Crippen LogP contribution in [-0.4, -0.2) is 39.2 Å². The third-order valence-electron chi connectivity index (χ3n) is 3.90. The maximum atomic E-state index is 13.0. The molecule has 0 aliphatic rings. The van der Waals surface area contributed by atoms with E-state index in [-0.39, 0.29) is 12.1 Å². The average molecular weight is 414 g/mol. The number of nitrogens with zero attached hydrogens (tertiary/aromatic N) is 1. The molecule has 1 aromatic rings. The van der Waals surface area contributed by atoms with Crippen LogP contribution in [0.25, 0.3) is 0 Å². The molecule has 1 unspecified atom stereocenters. The van der Waals surface area contributed by atoms with Crippen LogP contribution < -0.4 is 0 Å². The lowest BCUT2D eigenvalue weighted by Crippen LogP contribution is -2.53. The average Bonchev–Trinajstić information content (AvgIpc) is 2.49. The summed E-state index contributed by atoms with van der Waals surface area (Å²) in [6, 6.07) is 2.85. The molecule has 0 saturated carbocycles. The molecule has 7 nitrogen and oxygen atoms in total. The minimum atomic E-state index is -1.98. The smallest absolute Gasteiger partial charge is 0.322 e. The second kappa shape index (κ2) is 8.47. The van der Waals surface area contributed by atoms with Crippen LogP contribution in [0.3, 0.4) is 0 Å². The number of hydrogen-bond donors (Lipinski definition) is 1. The Hall–Kier alpha value is -2.15. The molecule has 8 heteroatoms. The van der Waals surface area contributed by atoms with Crippen LogP contribution >= 0.6 is 11.6 Å². The van der Waals surface area contributed by atoms with Gasteiger partial charge in [0.15, 0.2) is 5.92 Å². The number of aliphatic carboxylic acids is 1. The second-order valence-corrected chi connectivity index (χ2v) is 8.93. The number of rotatable bonds is 6. The number of carbonyl (C=O) groups excluding carboxylic acids is 2. The lowest BCUT2D eigenvalue weighted by Gasteiger charge is -2.36. The molecule has 0 bridgehead atoms. The lowest BCUT2D eigenvalue weighted by atomic mass is 9.70. The molecule has 156 valence electrons. The summed E-state index contributed by atoms with van der Waals surface area (Å²) in [6.45, 7) is 11.3. The van der Waals surface area contributed by atoms with Crippen molar-refractivity contribution in [1.82, 2.24) is 4.98 Å². The second-order valence-electron chi connectivity index (χ2n) is 8.49. The topological polar surface area (TPSA) is 103 Å². The van der Waals surface area contributed by atoms with E-state index in [9.17, 15) is 19.5 Å². The molecule has 0 saturated heterocycles. The van der Waals surface area contributed by atoms with Gasteiger partial charge in [-0.1, -0.05) is 18.5 Å². The first-order valence-electron chi connectivity index (χ1n) is 8.95. The van der Waals surface area contributed by atoms with Gasteiger partial charge in [-0.3, -0.25) is 19.4 Å². The Morgan fingerprint density at radius 2 is 1.50 bits per heavy atom. The molecule has 1 aromatic heterocycles. The maximum absolute atomic E-state index is 13.0. The summed E-state index contributed by atoms with van der Waals surface area (Å²) >= 11 is 5.87. The highest BCUT2D eigenvalue weighted by molar-refractivity contribution is 6.30.